The molecule has 2 fully saturated rings. The Kier molecular flexibility index (Phi) is 6.51. The van der Waals surface area contributed by atoms with Gasteiger partial charge in [0.25, 0.3) is 11.1 Å². The lowest BCUT2D eigenvalue weighted by molar-refractivity contribution is -0.135. The molecule has 0 N–H and O–H groups in total. The third-order valence-corrected chi connectivity index (χ3v) is 7.05. The van der Waals surface area contributed by atoms with Gasteiger partial charge in [0.2, 0.25) is 5.91 Å². The molecule has 0 bridgehead atoms. The number of thioether (sulfide) groups is 1. The van der Waals surface area contributed by atoms with Crippen molar-refractivity contribution in [1.29, 1.82) is 0 Å². The summed E-state index contributed by atoms with van der Waals surface area (Å²) in [4.78, 5) is 41.8. The third kappa shape index (κ3) is 4.42. The Morgan fingerprint density at radius 1 is 1.23 bits per heavy atom. The van der Waals surface area contributed by atoms with Gasteiger partial charge in [-0.1, -0.05) is 31.5 Å². The SMILES string of the molecule is CCCCN1C(=O)S/C(=C\c2cn(CC(=O)N3CCCC[C@@H]3C)c3ccccc23)C1=O. The monoisotopic (exact) mass is 439 g/mol. The molecule has 2 aliphatic heterocycles. The summed E-state index contributed by atoms with van der Waals surface area (Å²) >= 11 is 0.996. The van der Waals surface area contributed by atoms with Crippen LogP contribution in [0.25, 0.3) is 17.0 Å². The highest BCUT2D eigenvalue weighted by molar-refractivity contribution is 8.18. The Hall–Kier alpha value is -2.54. The van der Waals surface area contributed by atoms with Gasteiger partial charge in [0.1, 0.15) is 6.54 Å². The van der Waals surface area contributed by atoms with Crippen LogP contribution in [0.2, 0.25) is 0 Å². The fourth-order valence-electron chi connectivity index (χ4n) is 4.38. The second kappa shape index (κ2) is 9.30. The smallest absolute Gasteiger partial charge is 0.293 e. The lowest BCUT2D eigenvalue weighted by Gasteiger charge is -2.33. The average Bonchev–Trinajstić information content (AvgIpc) is 3.24. The van der Waals surface area contributed by atoms with Crippen LogP contribution < -0.4 is 0 Å². The van der Waals surface area contributed by atoms with E-state index in [-0.39, 0.29) is 29.6 Å². The molecule has 6 nitrogen and oxygen atoms in total. The number of rotatable bonds is 6. The lowest BCUT2D eigenvalue weighted by Crippen LogP contribution is -2.43. The van der Waals surface area contributed by atoms with E-state index >= 15 is 0 Å². The van der Waals surface area contributed by atoms with Crippen molar-refractivity contribution in [2.75, 3.05) is 13.1 Å². The van der Waals surface area contributed by atoms with Crippen LogP contribution in [0.4, 0.5) is 4.79 Å². The molecule has 7 heteroatoms. The normalized spacial score (nSPS) is 21.0. The second-order valence-corrected chi connectivity index (χ2v) is 9.34. The molecule has 0 aliphatic carbocycles. The first kappa shape index (κ1) is 21.7. The van der Waals surface area contributed by atoms with E-state index in [0.29, 0.717) is 11.4 Å². The van der Waals surface area contributed by atoms with E-state index in [0.717, 1.165) is 60.5 Å². The van der Waals surface area contributed by atoms with E-state index < -0.39 is 0 Å². The number of fused-ring (bicyclic) bond motifs is 1. The molecule has 1 aromatic heterocycles. The predicted molar refractivity (Wildman–Crippen MR) is 125 cm³/mol. The van der Waals surface area contributed by atoms with Gasteiger partial charge in [0.15, 0.2) is 0 Å². The molecule has 0 unspecified atom stereocenters. The van der Waals surface area contributed by atoms with E-state index in [2.05, 4.69) is 6.92 Å². The van der Waals surface area contributed by atoms with Crippen LogP contribution in [0, 0.1) is 0 Å². The highest BCUT2D eigenvalue weighted by atomic mass is 32.2. The molecule has 0 radical (unpaired) electrons. The fourth-order valence-corrected chi connectivity index (χ4v) is 5.23. The van der Waals surface area contributed by atoms with Gasteiger partial charge in [0.05, 0.1) is 4.91 Å². The summed E-state index contributed by atoms with van der Waals surface area (Å²) in [5.74, 6) is -0.0992. The zero-order valence-electron chi connectivity index (χ0n) is 18.2. The number of aromatic nitrogens is 1. The standard InChI is InChI=1S/C24H29N3O3S/c1-3-4-12-27-23(29)21(31-24(27)30)14-18-15-25(20-11-6-5-10-19(18)20)16-22(28)26-13-8-7-9-17(26)2/h5-6,10-11,14-15,17H,3-4,7-9,12-13,16H2,1-2H3/b21-14-/t17-/m0/s1. The first-order valence-corrected chi connectivity index (χ1v) is 11.9. The minimum absolute atomic E-state index is 0.124. The van der Waals surface area contributed by atoms with E-state index in [1.54, 1.807) is 6.08 Å². The quantitative estimate of drug-likeness (QED) is 0.602. The first-order valence-electron chi connectivity index (χ1n) is 11.1. The number of unbranched alkanes of at least 4 members (excludes halogenated alkanes) is 1. The van der Waals surface area contributed by atoms with Gasteiger partial charge in [-0.2, -0.15) is 0 Å². The number of nitrogens with zero attached hydrogens (tertiary/aromatic N) is 3. The maximum absolute atomic E-state index is 13.0. The number of para-hydroxylation sites is 1. The largest absolute Gasteiger partial charge is 0.338 e. The predicted octanol–water partition coefficient (Wildman–Crippen LogP) is 4.88. The molecule has 0 spiro atoms. The summed E-state index contributed by atoms with van der Waals surface area (Å²) in [6.07, 6.45) is 8.74. The second-order valence-electron chi connectivity index (χ2n) is 8.35. The maximum Gasteiger partial charge on any atom is 0.293 e. The Morgan fingerprint density at radius 3 is 2.81 bits per heavy atom. The van der Waals surface area contributed by atoms with Crippen molar-refractivity contribution >= 4 is 45.8 Å². The Balaban J connectivity index is 1.61. The van der Waals surface area contributed by atoms with Crippen molar-refractivity contribution in [2.45, 2.75) is 58.5 Å². The van der Waals surface area contributed by atoms with Crippen molar-refractivity contribution < 1.29 is 14.4 Å². The Morgan fingerprint density at radius 2 is 2.03 bits per heavy atom. The molecule has 3 amide bonds. The van der Waals surface area contributed by atoms with Gasteiger partial charge in [-0.3, -0.25) is 19.3 Å². The molecular formula is C24H29N3O3S. The summed E-state index contributed by atoms with van der Waals surface area (Å²) in [5, 5.41) is 0.769. The number of piperidine rings is 1. The van der Waals surface area contributed by atoms with E-state index in [4.69, 9.17) is 0 Å². The lowest BCUT2D eigenvalue weighted by atomic mass is 10.0. The van der Waals surface area contributed by atoms with Gasteiger partial charge in [-0.15, -0.1) is 0 Å². The van der Waals surface area contributed by atoms with Crippen LogP contribution >= 0.6 is 11.8 Å². The van der Waals surface area contributed by atoms with Crippen LogP contribution in [0.1, 0.15) is 51.5 Å². The molecule has 31 heavy (non-hydrogen) atoms. The van der Waals surface area contributed by atoms with Crippen LogP contribution in [0.3, 0.4) is 0 Å². The molecule has 1 atom stereocenters. The molecule has 2 saturated heterocycles. The number of benzene rings is 1. The number of hydrogen-bond donors (Lipinski definition) is 0. The molecule has 0 saturated carbocycles. The summed E-state index contributed by atoms with van der Waals surface area (Å²) in [7, 11) is 0. The molecule has 1 aromatic carbocycles. The number of imide groups is 1. The van der Waals surface area contributed by atoms with Gasteiger partial charge in [-0.25, -0.2) is 0 Å². The molecule has 164 valence electrons. The minimum Gasteiger partial charge on any atom is -0.338 e. The molecule has 3 heterocycles. The number of carbonyl (C=O) groups excluding carboxylic acids is 3. The van der Waals surface area contributed by atoms with Crippen LogP contribution in [0.5, 0.6) is 0 Å². The van der Waals surface area contributed by atoms with Crippen LogP contribution in [-0.4, -0.2) is 50.6 Å². The summed E-state index contributed by atoms with van der Waals surface area (Å²) in [6.45, 7) is 5.71. The summed E-state index contributed by atoms with van der Waals surface area (Å²) < 4.78 is 1.96. The van der Waals surface area contributed by atoms with Gasteiger partial charge >= 0.3 is 0 Å². The summed E-state index contributed by atoms with van der Waals surface area (Å²) in [6, 6.07) is 8.16. The van der Waals surface area contributed by atoms with E-state index in [9.17, 15) is 14.4 Å². The summed E-state index contributed by atoms with van der Waals surface area (Å²) in [5.41, 5.74) is 1.81. The van der Waals surface area contributed by atoms with Gasteiger partial charge in [0, 0.05) is 41.8 Å². The molecular weight excluding hydrogens is 410 g/mol. The third-order valence-electron chi connectivity index (χ3n) is 6.14. The first-order chi connectivity index (χ1) is 15.0. The van der Waals surface area contributed by atoms with Crippen molar-refractivity contribution in [3.63, 3.8) is 0 Å². The van der Waals surface area contributed by atoms with Crippen molar-refractivity contribution in [2.24, 2.45) is 0 Å². The van der Waals surface area contributed by atoms with Crippen LogP contribution in [-0.2, 0) is 16.1 Å². The molecule has 4 rings (SSSR count). The van der Waals surface area contributed by atoms with Crippen molar-refractivity contribution in [3.05, 3.63) is 40.9 Å². The van der Waals surface area contributed by atoms with Crippen molar-refractivity contribution in [3.8, 4) is 0 Å². The zero-order valence-corrected chi connectivity index (χ0v) is 19.0. The zero-order chi connectivity index (χ0) is 22.0. The van der Waals surface area contributed by atoms with Crippen molar-refractivity contribution in [1.82, 2.24) is 14.4 Å². The number of likely N-dealkylation sites (tertiary alicyclic amines) is 1. The Labute approximate surface area is 187 Å². The highest BCUT2D eigenvalue weighted by Gasteiger charge is 2.34. The molecule has 2 aromatic rings. The molecule has 2 aliphatic rings. The average molecular weight is 440 g/mol. The van der Waals surface area contributed by atoms with E-state index in [1.165, 1.54) is 11.3 Å². The number of amides is 3. The van der Waals surface area contributed by atoms with Gasteiger partial charge in [-0.05, 0) is 56.5 Å². The van der Waals surface area contributed by atoms with Crippen LogP contribution in [0.15, 0.2) is 35.4 Å². The van der Waals surface area contributed by atoms with E-state index in [1.807, 2.05) is 46.9 Å². The number of hydrogen-bond acceptors (Lipinski definition) is 4. The number of carbonyl (C=O) groups is 3. The Bertz CT molecular complexity index is 1040. The minimum atomic E-state index is -0.224. The maximum atomic E-state index is 13.0. The highest BCUT2D eigenvalue weighted by Crippen LogP contribution is 2.34. The van der Waals surface area contributed by atoms with Gasteiger partial charge < -0.3 is 9.47 Å². The topological polar surface area (TPSA) is 62.6 Å². The fraction of sp³-hybridized carbons (Fsp3) is 0.458.